The highest BCUT2D eigenvalue weighted by atomic mass is 15.1. The molecule has 9 rings (SSSR count). The Morgan fingerprint density at radius 3 is 1.65 bits per heavy atom. The van der Waals surface area contributed by atoms with Gasteiger partial charge in [-0.2, -0.15) is 10.5 Å². The normalized spacial score (nSPS) is 11.3. The lowest BCUT2D eigenvalue weighted by atomic mass is 9.93. The van der Waals surface area contributed by atoms with Crippen LogP contribution in [0, 0.1) is 22.7 Å². The van der Waals surface area contributed by atoms with E-state index in [1.807, 2.05) is 48.5 Å². The number of para-hydroxylation sites is 1. The first-order valence-corrected chi connectivity index (χ1v) is 15.9. The van der Waals surface area contributed by atoms with E-state index in [-0.39, 0.29) is 0 Å². The first-order valence-electron chi connectivity index (χ1n) is 15.9. The number of aromatic nitrogens is 1. The Balaban J connectivity index is 1.45. The summed E-state index contributed by atoms with van der Waals surface area (Å²) in [7, 11) is 0. The van der Waals surface area contributed by atoms with Crippen molar-refractivity contribution < 1.29 is 0 Å². The Bertz CT molecular complexity index is 2720. The predicted molar refractivity (Wildman–Crippen MR) is 197 cm³/mol. The van der Waals surface area contributed by atoms with Crippen molar-refractivity contribution in [1.29, 1.82) is 10.5 Å². The molecule has 8 aromatic carbocycles. The molecule has 0 aliphatic heterocycles. The third-order valence-corrected chi connectivity index (χ3v) is 9.38. The smallest absolute Gasteiger partial charge is 0.0991 e. The van der Waals surface area contributed by atoms with E-state index in [9.17, 15) is 10.5 Å². The van der Waals surface area contributed by atoms with E-state index < -0.39 is 0 Å². The van der Waals surface area contributed by atoms with Crippen LogP contribution in [0.1, 0.15) is 11.1 Å². The fourth-order valence-corrected chi connectivity index (χ4v) is 7.28. The average molecular weight is 611 g/mol. The monoisotopic (exact) mass is 610 g/mol. The highest BCUT2D eigenvalue weighted by Gasteiger charge is 2.22. The number of hydrogen-bond acceptors (Lipinski definition) is 3. The molecule has 4 heteroatoms. The van der Waals surface area contributed by atoms with Crippen LogP contribution in [-0.4, -0.2) is 4.57 Å². The van der Waals surface area contributed by atoms with Crippen LogP contribution in [0.2, 0.25) is 0 Å². The summed E-state index contributed by atoms with van der Waals surface area (Å²) in [5.74, 6) is 0. The van der Waals surface area contributed by atoms with Gasteiger partial charge in [0, 0.05) is 38.9 Å². The van der Waals surface area contributed by atoms with E-state index in [1.165, 1.54) is 43.2 Å². The van der Waals surface area contributed by atoms with E-state index in [0.29, 0.717) is 11.1 Å². The van der Waals surface area contributed by atoms with E-state index in [1.54, 1.807) is 0 Å². The summed E-state index contributed by atoms with van der Waals surface area (Å²) < 4.78 is 2.42. The second-order valence-electron chi connectivity index (χ2n) is 12.0. The van der Waals surface area contributed by atoms with Crippen LogP contribution in [0.5, 0.6) is 0 Å². The molecule has 0 N–H and O–H groups in total. The van der Waals surface area contributed by atoms with Crippen molar-refractivity contribution >= 4 is 71.2 Å². The maximum atomic E-state index is 9.51. The summed E-state index contributed by atoms with van der Waals surface area (Å²) >= 11 is 0. The molecule has 0 aliphatic rings. The van der Waals surface area contributed by atoms with Crippen LogP contribution in [0.25, 0.3) is 59.8 Å². The van der Waals surface area contributed by atoms with Crippen molar-refractivity contribution in [2.75, 3.05) is 4.90 Å². The molecule has 0 radical (unpaired) electrons. The van der Waals surface area contributed by atoms with Gasteiger partial charge in [-0.05, 0) is 106 Å². The number of nitriles is 2. The molecule has 0 aliphatic carbocycles. The molecule has 222 valence electrons. The zero-order valence-electron chi connectivity index (χ0n) is 25.8. The fourth-order valence-electron chi connectivity index (χ4n) is 7.28. The van der Waals surface area contributed by atoms with E-state index in [2.05, 4.69) is 131 Å². The van der Waals surface area contributed by atoms with Crippen LogP contribution < -0.4 is 4.90 Å². The van der Waals surface area contributed by atoms with Crippen LogP contribution in [-0.2, 0) is 0 Å². The molecule has 0 fully saturated rings. The average Bonchev–Trinajstić information content (AvgIpc) is 3.50. The highest BCUT2D eigenvalue weighted by Crippen LogP contribution is 2.46. The van der Waals surface area contributed by atoms with Gasteiger partial charge in [-0.1, -0.05) is 78.9 Å². The van der Waals surface area contributed by atoms with Crippen molar-refractivity contribution in [1.82, 2.24) is 4.57 Å². The summed E-state index contributed by atoms with van der Waals surface area (Å²) in [5, 5.41) is 28.7. The number of fused-ring (bicyclic) bond motifs is 10. The summed E-state index contributed by atoms with van der Waals surface area (Å²) in [5.41, 5.74) is 7.43. The second-order valence-corrected chi connectivity index (χ2v) is 12.0. The molecular weight excluding hydrogens is 585 g/mol. The van der Waals surface area contributed by atoms with Gasteiger partial charge in [0.15, 0.2) is 0 Å². The molecule has 0 bridgehead atoms. The fraction of sp³-hybridized carbons (Fsp3) is 0. The minimum Gasteiger partial charge on any atom is -0.310 e. The lowest BCUT2D eigenvalue weighted by Gasteiger charge is -2.25. The Kier molecular flexibility index (Phi) is 6.22. The molecule has 0 unspecified atom stereocenters. The van der Waals surface area contributed by atoms with Crippen molar-refractivity contribution in [2.24, 2.45) is 0 Å². The molecule has 48 heavy (non-hydrogen) atoms. The SMILES string of the molecule is N#Cc1ccc(N(c2ccc(C#N)cc2)c2ccc3c(c2)c2c4ccccc4c4ccc5ccccc5c4c2n3-c2ccccc2)cc1. The Morgan fingerprint density at radius 2 is 0.979 bits per heavy atom. The minimum absolute atomic E-state index is 0.602. The summed E-state index contributed by atoms with van der Waals surface area (Å²) in [6.45, 7) is 0. The summed E-state index contributed by atoms with van der Waals surface area (Å²) in [6, 6.07) is 58.9. The molecule has 0 amide bonds. The zero-order valence-corrected chi connectivity index (χ0v) is 25.8. The van der Waals surface area contributed by atoms with Crippen molar-refractivity contribution in [3.63, 3.8) is 0 Å². The van der Waals surface area contributed by atoms with Crippen LogP contribution in [0.3, 0.4) is 0 Å². The van der Waals surface area contributed by atoms with Crippen LogP contribution in [0.4, 0.5) is 17.1 Å². The largest absolute Gasteiger partial charge is 0.310 e. The first kappa shape index (κ1) is 27.4. The van der Waals surface area contributed by atoms with Crippen molar-refractivity contribution in [2.45, 2.75) is 0 Å². The molecule has 0 saturated heterocycles. The van der Waals surface area contributed by atoms with Crippen LogP contribution in [0.15, 0.2) is 158 Å². The lowest BCUT2D eigenvalue weighted by molar-refractivity contribution is 1.19. The Labute approximate surface area is 277 Å². The summed E-state index contributed by atoms with van der Waals surface area (Å²) in [4.78, 5) is 2.19. The first-order chi connectivity index (χ1) is 23.7. The lowest BCUT2D eigenvalue weighted by Crippen LogP contribution is -2.10. The zero-order chi connectivity index (χ0) is 32.2. The van der Waals surface area contributed by atoms with Gasteiger partial charge in [0.2, 0.25) is 0 Å². The van der Waals surface area contributed by atoms with Gasteiger partial charge in [0.1, 0.15) is 0 Å². The summed E-state index contributed by atoms with van der Waals surface area (Å²) in [6.07, 6.45) is 0. The molecule has 0 saturated carbocycles. The van der Waals surface area contributed by atoms with Gasteiger partial charge in [-0.25, -0.2) is 0 Å². The van der Waals surface area contributed by atoms with Crippen molar-refractivity contribution in [3.05, 3.63) is 169 Å². The van der Waals surface area contributed by atoms with Crippen LogP contribution >= 0.6 is 0 Å². The van der Waals surface area contributed by atoms with E-state index >= 15 is 0 Å². The maximum Gasteiger partial charge on any atom is 0.0991 e. The Hall–Kier alpha value is -6.88. The molecular formula is C44H26N4. The number of anilines is 3. The maximum absolute atomic E-state index is 9.51. The van der Waals surface area contributed by atoms with Gasteiger partial charge in [-0.3, -0.25) is 0 Å². The van der Waals surface area contributed by atoms with Gasteiger partial charge in [-0.15, -0.1) is 0 Å². The molecule has 0 spiro atoms. The third kappa shape index (κ3) is 4.14. The molecule has 4 nitrogen and oxygen atoms in total. The van der Waals surface area contributed by atoms with Gasteiger partial charge < -0.3 is 9.47 Å². The van der Waals surface area contributed by atoms with Gasteiger partial charge in [0.05, 0.1) is 34.3 Å². The molecule has 0 atom stereocenters. The quantitative estimate of drug-likeness (QED) is 0.186. The van der Waals surface area contributed by atoms with E-state index in [0.717, 1.165) is 33.7 Å². The minimum atomic E-state index is 0.602. The van der Waals surface area contributed by atoms with E-state index in [4.69, 9.17) is 0 Å². The molecule has 9 aromatic rings. The standard InChI is InChI=1S/C44H26N4/c45-27-29-14-19-33(20-15-29)47(34-21-16-30(28-46)17-22-34)35-23-25-41-40(26-35)43-38-13-7-6-12-37(38)39-24-18-31-8-4-5-11-36(31)42(39)44(43)48(41)32-9-2-1-3-10-32/h1-26H. The van der Waals surface area contributed by atoms with Crippen molar-refractivity contribution in [3.8, 4) is 17.8 Å². The second kappa shape index (κ2) is 10.9. The topological polar surface area (TPSA) is 55.8 Å². The number of nitrogens with zero attached hydrogens (tertiary/aromatic N) is 4. The predicted octanol–water partition coefficient (Wildman–Crippen LogP) is 11.5. The van der Waals surface area contributed by atoms with Gasteiger partial charge in [0.25, 0.3) is 0 Å². The Morgan fingerprint density at radius 1 is 0.438 bits per heavy atom. The third-order valence-electron chi connectivity index (χ3n) is 9.38. The van der Waals surface area contributed by atoms with Gasteiger partial charge >= 0.3 is 0 Å². The highest BCUT2D eigenvalue weighted by molar-refractivity contribution is 6.36. The molecule has 1 aromatic heterocycles. The number of rotatable bonds is 4. The number of benzene rings is 8. The molecule has 1 heterocycles. The number of hydrogen-bond donors (Lipinski definition) is 0.